The van der Waals surface area contributed by atoms with Crippen LogP contribution in [0, 0.1) is 5.82 Å². The van der Waals surface area contributed by atoms with Crippen LogP contribution in [-0.4, -0.2) is 10.9 Å². The molecule has 0 aliphatic rings. The summed E-state index contributed by atoms with van der Waals surface area (Å²) in [6.07, 6.45) is 0.201. The van der Waals surface area contributed by atoms with Crippen LogP contribution in [0.1, 0.15) is 11.3 Å². The molecule has 0 radical (unpaired) electrons. The predicted molar refractivity (Wildman–Crippen MR) is 105 cm³/mol. The Kier molecular flexibility index (Phi) is 6.23. The van der Waals surface area contributed by atoms with Crippen molar-refractivity contribution in [3.8, 4) is 0 Å². The zero-order chi connectivity index (χ0) is 17.6. The monoisotopic (exact) mass is 436 g/mol. The zero-order valence-corrected chi connectivity index (χ0v) is 16.3. The summed E-state index contributed by atoms with van der Waals surface area (Å²) >= 11 is 6.61. The molecule has 7 heteroatoms. The van der Waals surface area contributed by atoms with Crippen LogP contribution in [-0.2, 0) is 17.0 Å². The molecule has 0 saturated carbocycles. The van der Waals surface area contributed by atoms with Gasteiger partial charge in [0.05, 0.1) is 12.1 Å². The number of rotatable bonds is 6. The van der Waals surface area contributed by atoms with Gasteiger partial charge in [-0.25, -0.2) is 9.37 Å². The summed E-state index contributed by atoms with van der Waals surface area (Å²) in [6.45, 7) is 0. The molecule has 3 aromatic rings. The van der Waals surface area contributed by atoms with Gasteiger partial charge in [0, 0.05) is 21.3 Å². The molecule has 0 saturated heterocycles. The van der Waals surface area contributed by atoms with E-state index < -0.39 is 0 Å². The van der Waals surface area contributed by atoms with Crippen LogP contribution in [0.4, 0.5) is 10.1 Å². The first kappa shape index (κ1) is 18.1. The highest BCUT2D eigenvalue weighted by Gasteiger charge is 2.09. The summed E-state index contributed by atoms with van der Waals surface area (Å²) < 4.78 is 14.9. The lowest BCUT2D eigenvalue weighted by molar-refractivity contribution is -0.115. The number of anilines is 1. The van der Waals surface area contributed by atoms with E-state index >= 15 is 0 Å². The van der Waals surface area contributed by atoms with Crippen LogP contribution in [0.15, 0.2) is 62.7 Å². The topological polar surface area (TPSA) is 42.0 Å². The maximum absolute atomic E-state index is 12.9. The third-order valence-corrected chi connectivity index (χ3v) is 5.95. The number of nitrogens with zero attached hydrogens (tertiary/aromatic N) is 1. The molecule has 128 valence electrons. The molecule has 0 spiro atoms. The van der Waals surface area contributed by atoms with E-state index in [1.807, 2.05) is 17.5 Å². The van der Waals surface area contributed by atoms with Gasteiger partial charge in [0.15, 0.2) is 0 Å². The fourth-order valence-electron chi connectivity index (χ4n) is 2.06. The van der Waals surface area contributed by atoms with Crippen molar-refractivity contribution < 1.29 is 9.18 Å². The molecule has 1 aromatic heterocycles. The van der Waals surface area contributed by atoms with Gasteiger partial charge in [0.1, 0.15) is 10.2 Å². The van der Waals surface area contributed by atoms with E-state index in [-0.39, 0.29) is 18.1 Å². The van der Waals surface area contributed by atoms with Crippen molar-refractivity contribution in [3.63, 3.8) is 0 Å². The van der Waals surface area contributed by atoms with Crippen molar-refractivity contribution >= 4 is 50.6 Å². The van der Waals surface area contributed by atoms with Crippen LogP contribution >= 0.6 is 39.0 Å². The third kappa shape index (κ3) is 5.66. The van der Waals surface area contributed by atoms with Crippen molar-refractivity contribution in [2.75, 3.05) is 5.32 Å². The van der Waals surface area contributed by atoms with Gasteiger partial charge in [-0.1, -0.05) is 39.8 Å². The number of thioether (sulfide) groups is 1. The number of hydrogen-bond donors (Lipinski definition) is 1. The van der Waals surface area contributed by atoms with Gasteiger partial charge in [-0.15, -0.1) is 11.3 Å². The van der Waals surface area contributed by atoms with Gasteiger partial charge < -0.3 is 5.32 Å². The van der Waals surface area contributed by atoms with Gasteiger partial charge in [0.2, 0.25) is 5.91 Å². The van der Waals surface area contributed by atoms with Crippen molar-refractivity contribution in [1.82, 2.24) is 4.98 Å². The molecule has 3 rings (SSSR count). The van der Waals surface area contributed by atoms with Crippen molar-refractivity contribution in [2.24, 2.45) is 0 Å². The second kappa shape index (κ2) is 8.60. The van der Waals surface area contributed by atoms with Crippen molar-refractivity contribution in [2.45, 2.75) is 16.5 Å². The Balaban J connectivity index is 1.51. The van der Waals surface area contributed by atoms with Crippen LogP contribution < -0.4 is 5.32 Å². The summed E-state index contributed by atoms with van der Waals surface area (Å²) in [5, 5.41) is 4.63. The molecule has 0 fully saturated rings. The Hall–Kier alpha value is -1.70. The fourth-order valence-corrected chi connectivity index (χ4v) is 4.13. The van der Waals surface area contributed by atoms with E-state index in [0.29, 0.717) is 5.69 Å². The molecule has 1 amide bonds. The first-order valence-corrected chi connectivity index (χ1v) is 10.1. The Labute approximate surface area is 161 Å². The molecule has 0 atom stereocenters. The first-order chi connectivity index (χ1) is 12.1. The number of hydrogen-bond acceptors (Lipinski definition) is 4. The van der Waals surface area contributed by atoms with Crippen LogP contribution in [0.25, 0.3) is 0 Å². The van der Waals surface area contributed by atoms with E-state index in [9.17, 15) is 9.18 Å². The summed E-state index contributed by atoms with van der Waals surface area (Å²) in [4.78, 5) is 16.5. The zero-order valence-electron chi connectivity index (χ0n) is 13.0. The number of carbonyl (C=O) groups excluding carboxylic acids is 1. The molecule has 3 nitrogen and oxygen atoms in total. The van der Waals surface area contributed by atoms with Gasteiger partial charge in [-0.2, -0.15) is 0 Å². The quantitative estimate of drug-likeness (QED) is 0.517. The minimum Gasteiger partial charge on any atom is -0.326 e. The lowest BCUT2D eigenvalue weighted by Crippen LogP contribution is -2.14. The molecule has 0 unspecified atom stereocenters. The largest absolute Gasteiger partial charge is 0.326 e. The summed E-state index contributed by atoms with van der Waals surface area (Å²) in [5.74, 6) is 0.341. The highest BCUT2D eigenvalue weighted by atomic mass is 79.9. The van der Waals surface area contributed by atoms with E-state index in [0.717, 1.165) is 20.3 Å². The number of nitrogens with one attached hydrogen (secondary N) is 1. The van der Waals surface area contributed by atoms with Crippen LogP contribution in [0.5, 0.6) is 0 Å². The van der Waals surface area contributed by atoms with Gasteiger partial charge in [-0.3, -0.25) is 4.79 Å². The third-order valence-electron chi connectivity index (χ3n) is 3.28. The lowest BCUT2D eigenvalue weighted by atomic mass is 10.2. The minimum absolute atomic E-state index is 0.165. The van der Waals surface area contributed by atoms with Gasteiger partial charge in [-0.05, 0) is 42.0 Å². The van der Waals surface area contributed by atoms with Crippen LogP contribution in [0.2, 0.25) is 0 Å². The smallest absolute Gasteiger partial charge is 0.230 e. The maximum Gasteiger partial charge on any atom is 0.230 e. The Morgan fingerprint density at radius 2 is 1.88 bits per heavy atom. The van der Waals surface area contributed by atoms with Crippen molar-refractivity contribution in [1.29, 1.82) is 0 Å². The van der Waals surface area contributed by atoms with E-state index in [1.165, 1.54) is 41.2 Å². The number of carbonyl (C=O) groups is 1. The molecular formula is C18H14BrFN2OS2. The second-order valence-electron chi connectivity index (χ2n) is 5.25. The molecule has 2 aromatic carbocycles. The Morgan fingerprint density at radius 3 is 2.60 bits per heavy atom. The maximum atomic E-state index is 12.9. The molecule has 0 bridgehead atoms. The molecular weight excluding hydrogens is 423 g/mol. The van der Waals surface area contributed by atoms with E-state index in [1.54, 1.807) is 11.8 Å². The summed E-state index contributed by atoms with van der Waals surface area (Å²) in [7, 11) is 0. The first-order valence-electron chi connectivity index (χ1n) is 7.45. The number of aromatic nitrogens is 1. The van der Waals surface area contributed by atoms with Crippen molar-refractivity contribution in [3.05, 3.63) is 75.5 Å². The highest BCUT2D eigenvalue weighted by molar-refractivity contribution is 9.10. The average Bonchev–Trinajstić information content (AvgIpc) is 3.04. The predicted octanol–water partition coefficient (Wildman–Crippen LogP) is 5.52. The standard InChI is InChI=1S/C18H14BrFN2OS2/c19-13-3-1-12(2-4-13)10-24-18-22-16(11-25-18)9-17(23)21-15-7-5-14(20)6-8-15/h1-8,11H,9-10H2,(H,21,23). The molecule has 25 heavy (non-hydrogen) atoms. The minimum atomic E-state index is -0.329. The van der Waals surface area contributed by atoms with E-state index in [4.69, 9.17) is 0 Å². The molecule has 1 N–H and O–H groups in total. The Bertz CT molecular complexity index is 850. The van der Waals surface area contributed by atoms with E-state index in [2.05, 4.69) is 38.4 Å². The number of benzene rings is 2. The number of thiazole rings is 1. The summed E-state index contributed by atoms with van der Waals surface area (Å²) in [5.41, 5.74) is 2.54. The van der Waals surface area contributed by atoms with Gasteiger partial charge >= 0.3 is 0 Å². The molecule has 1 heterocycles. The SMILES string of the molecule is O=C(Cc1csc(SCc2ccc(Br)cc2)n1)Nc1ccc(F)cc1. The van der Waals surface area contributed by atoms with Crippen LogP contribution in [0.3, 0.4) is 0 Å². The average molecular weight is 437 g/mol. The second-order valence-corrected chi connectivity index (χ2v) is 8.25. The van der Waals surface area contributed by atoms with Gasteiger partial charge in [0.25, 0.3) is 0 Å². The number of halogens is 2. The highest BCUT2D eigenvalue weighted by Crippen LogP contribution is 2.27. The molecule has 0 aliphatic carbocycles. The fraction of sp³-hybridized carbons (Fsp3) is 0.111. The normalized spacial score (nSPS) is 10.6. The Morgan fingerprint density at radius 1 is 1.16 bits per heavy atom. The molecule has 0 aliphatic heterocycles. The summed E-state index contributed by atoms with van der Waals surface area (Å²) in [6, 6.07) is 13.9. The number of amides is 1. The lowest BCUT2D eigenvalue weighted by Gasteiger charge is -2.03.